The van der Waals surface area contributed by atoms with Crippen LogP contribution in [0.2, 0.25) is 0 Å². The second-order valence-corrected chi connectivity index (χ2v) is 8.31. The Balaban J connectivity index is 2.11. The number of methoxy groups -OCH3 is 1. The molecule has 142 valence electrons. The van der Waals surface area contributed by atoms with E-state index >= 15 is 0 Å². The molecule has 8 heteroatoms. The predicted molar refractivity (Wildman–Crippen MR) is 98.1 cm³/mol. The summed E-state index contributed by atoms with van der Waals surface area (Å²) < 4.78 is 37.3. The summed E-state index contributed by atoms with van der Waals surface area (Å²) in [5, 5.41) is 0. The van der Waals surface area contributed by atoms with Gasteiger partial charge in [0.2, 0.25) is 0 Å². The van der Waals surface area contributed by atoms with Gasteiger partial charge in [0.25, 0.3) is 0 Å². The minimum Gasteiger partial charge on any atom is -0.466 e. The summed E-state index contributed by atoms with van der Waals surface area (Å²) in [6.45, 7) is 5.11. The Kier molecular flexibility index (Phi) is 6.28. The first kappa shape index (κ1) is 21.0. The average molecular weight is 496 g/mol. The number of allylic oxidation sites excluding steroid dienone is 1. The van der Waals surface area contributed by atoms with Crippen LogP contribution in [0.15, 0.2) is 26.7 Å². The molecule has 0 amide bonds. The van der Waals surface area contributed by atoms with Crippen molar-refractivity contribution in [3.63, 3.8) is 0 Å². The molecule has 1 aromatic carbocycles. The third kappa shape index (κ3) is 4.01. The maximum atomic E-state index is 13.7. The van der Waals surface area contributed by atoms with Crippen LogP contribution in [0, 0.1) is 28.9 Å². The van der Waals surface area contributed by atoms with Gasteiger partial charge in [0.05, 0.1) is 22.0 Å². The van der Waals surface area contributed by atoms with Crippen LogP contribution in [-0.4, -0.2) is 19.0 Å². The van der Waals surface area contributed by atoms with E-state index in [4.69, 9.17) is 4.74 Å². The van der Waals surface area contributed by atoms with Gasteiger partial charge >= 0.3 is 11.9 Å². The van der Waals surface area contributed by atoms with E-state index in [2.05, 4.69) is 36.6 Å². The van der Waals surface area contributed by atoms with Crippen molar-refractivity contribution in [1.82, 2.24) is 0 Å². The Morgan fingerprint density at radius 1 is 1.23 bits per heavy atom. The van der Waals surface area contributed by atoms with Gasteiger partial charge in [-0.15, -0.1) is 0 Å². The first-order valence-corrected chi connectivity index (χ1v) is 9.36. The van der Waals surface area contributed by atoms with Gasteiger partial charge in [0.1, 0.15) is 18.2 Å². The van der Waals surface area contributed by atoms with E-state index < -0.39 is 29.5 Å². The van der Waals surface area contributed by atoms with Crippen molar-refractivity contribution in [2.45, 2.75) is 27.4 Å². The fourth-order valence-corrected chi connectivity index (χ4v) is 4.04. The van der Waals surface area contributed by atoms with E-state index in [1.54, 1.807) is 13.0 Å². The van der Waals surface area contributed by atoms with Gasteiger partial charge in [-0.25, -0.2) is 13.6 Å². The molecule has 0 bridgehead atoms. The fraction of sp³-hybridized carbons (Fsp3) is 0.444. The van der Waals surface area contributed by atoms with E-state index in [9.17, 15) is 18.4 Å². The SMILES string of the molecule is COC(=O)/C(C)=C/[C@@H]1[C@@H](C(=O)OCc2c(Br)c(F)cc(F)c2Br)C1(C)C. The zero-order chi connectivity index (χ0) is 19.8. The first-order chi connectivity index (χ1) is 12.0. The van der Waals surface area contributed by atoms with Gasteiger partial charge in [-0.3, -0.25) is 4.79 Å². The molecule has 0 aromatic heterocycles. The number of rotatable bonds is 5. The van der Waals surface area contributed by atoms with Crippen molar-refractivity contribution < 1.29 is 27.8 Å². The molecule has 0 heterocycles. The highest BCUT2D eigenvalue weighted by Crippen LogP contribution is 2.60. The summed E-state index contributed by atoms with van der Waals surface area (Å²) in [7, 11) is 1.29. The predicted octanol–water partition coefficient (Wildman–Crippen LogP) is 4.92. The molecule has 1 fully saturated rings. The summed E-state index contributed by atoms with van der Waals surface area (Å²) in [6.07, 6.45) is 1.70. The topological polar surface area (TPSA) is 52.6 Å². The second kappa shape index (κ2) is 7.76. The van der Waals surface area contributed by atoms with Gasteiger partial charge in [-0.05, 0) is 50.1 Å². The molecule has 2 rings (SSSR count). The van der Waals surface area contributed by atoms with Gasteiger partial charge in [0, 0.05) is 17.2 Å². The van der Waals surface area contributed by atoms with Crippen LogP contribution in [0.3, 0.4) is 0 Å². The van der Waals surface area contributed by atoms with Gasteiger partial charge in [0.15, 0.2) is 0 Å². The highest BCUT2D eigenvalue weighted by Gasteiger charge is 2.61. The molecule has 0 aliphatic heterocycles. The molecule has 1 aliphatic carbocycles. The summed E-state index contributed by atoms with van der Waals surface area (Å²) in [4.78, 5) is 24.0. The van der Waals surface area contributed by atoms with Crippen LogP contribution < -0.4 is 0 Å². The van der Waals surface area contributed by atoms with Crippen molar-refractivity contribution in [2.75, 3.05) is 7.11 Å². The van der Waals surface area contributed by atoms with Crippen molar-refractivity contribution in [3.05, 3.63) is 43.9 Å². The average Bonchev–Trinajstić information content (AvgIpc) is 3.12. The molecule has 0 spiro atoms. The molecule has 0 unspecified atom stereocenters. The molecular formula is C18H18Br2F2O4. The van der Waals surface area contributed by atoms with Gasteiger partial charge in [-0.2, -0.15) is 0 Å². The highest BCUT2D eigenvalue weighted by molar-refractivity contribution is 9.11. The standard InChI is InChI=1S/C18H18Br2F2O4/c1-8(16(23)25-4)5-10-13(18(10,2)3)17(24)26-7-9-14(19)11(21)6-12(22)15(9)20/h5-6,10,13H,7H2,1-4H3/b8-5+/t10-,13+/m1/s1. The van der Waals surface area contributed by atoms with E-state index in [1.807, 2.05) is 13.8 Å². The van der Waals surface area contributed by atoms with E-state index in [0.717, 1.165) is 6.07 Å². The summed E-state index contributed by atoms with van der Waals surface area (Å²) in [5.74, 6) is -3.13. The lowest BCUT2D eigenvalue weighted by atomic mass is 10.1. The fourth-order valence-electron chi connectivity index (χ4n) is 2.92. The number of benzene rings is 1. The quantitative estimate of drug-likeness (QED) is 0.330. The minimum absolute atomic E-state index is 0.0339. The molecule has 1 saturated carbocycles. The molecule has 0 N–H and O–H groups in total. The van der Waals surface area contributed by atoms with Crippen LogP contribution in [0.4, 0.5) is 8.78 Å². The summed E-state index contributed by atoms with van der Waals surface area (Å²) in [5.41, 5.74) is 0.208. The Hall–Kier alpha value is -1.28. The smallest absolute Gasteiger partial charge is 0.333 e. The minimum atomic E-state index is -0.780. The van der Waals surface area contributed by atoms with Crippen LogP contribution in [0.1, 0.15) is 26.3 Å². The van der Waals surface area contributed by atoms with E-state index in [0.29, 0.717) is 5.57 Å². The lowest BCUT2D eigenvalue weighted by Crippen LogP contribution is -2.12. The number of halogens is 4. The molecule has 2 atom stereocenters. The Morgan fingerprint density at radius 2 is 1.77 bits per heavy atom. The lowest BCUT2D eigenvalue weighted by Gasteiger charge is -2.11. The van der Waals surface area contributed by atoms with Crippen molar-refractivity contribution >= 4 is 43.8 Å². The number of ether oxygens (including phenoxy) is 2. The van der Waals surface area contributed by atoms with Crippen LogP contribution in [0.25, 0.3) is 0 Å². The van der Waals surface area contributed by atoms with Gasteiger partial charge < -0.3 is 9.47 Å². The van der Waals surface area contributed by atoms with Crippen LogP contribution >= 0.6 is 31.9 Å². The summed E-state index contributed by atoms with van der Waals surface area (Å²) in [6, 6.07) is 0.736. The molecule has 0 saturated heterocycles. The highest BCUT2D eigenvalue weighted by atomic mass is 79.9. The number of carbonyl (C=O) groups excluding carboxylic acids is 2. The number of hydrogen-bond acceptors (Lipinski definition) is 4. The lowest BCUT2D eigenvalue weighted by molar-refractivity contribution is -0.147. The molecule has 1 aliphatic rings. The number of esters is 2. The number of carbonyl (C=O) groups is 2. The van der Waals surface area contributed by atoms with Crippen molar-refractivity contribution in [1.29, 1.82) is 0 Å². The van der Waals surface area contributed by atoms with Crippen molar-refractivity contribution in [2.24, 2.45) is 17.3 Å². The van der Waals surface area contributed by atoms with Crippen LogP contribution in [0.5, 0.6) is 0 Å². The zero-order valence-corrected chi connectivity index (χ0v) is 17.8. The molecule has 4 nitrogen and oxygen atoms in total. The first-order valence-electron chi connectivity index (χ1n) is 7.77. The maximum absolute atomic E-state index is 13.7. The summed E-state index contributed by atoms with van der Waals surface area (Å²) >= 11 is 6.07. The molecule has 0 radical (unpaired) electrons. The monoisotopic (exact) mass is 494 g/mol. The third-order valence-electron chi connectivity index (χ3n) is 4.66. The molecular weight excluding hydrogens is 478 g/mol. The molecule has 1 aromatic rings. The second-order valence-electron chi connectivity index (χ2n) is 6.72. The number of hydrogen-bond donors (Lipinski definition) is 0. The normalized spacial score (nSPS) is 21.3. The van der Waals surface area contributed by atoms with Gasteiger partial charge in [-0.1, -0.05) is 19.9 Å². The van der Waals surface area contributed by atoms with E-state index in [-0.39, 0.29) is 32.4 Å². The third-order valence-corrected chi connectivity index (χ3v) is 6.38. The van der Waals surface area contributed by atoms with Crippen molar-refractivity contribution in [3.8, 4) is 0 Å². The van der Waals surface area contributed by atoms with E-state index in [1.165, 1.54) is 7.11 Å². The molecule has 26 heavy (non-hydrogen) atoms. The maximum Gasteiger partial charge on any atom is 0.333 e. The Bertz CT molecular complexity index is 764. The Labute approximate surface area is 167 Å². The Morgan fingerprint density at radius 3 is 2.27 bits per heavy atom. The van der Waals surface area contributed by atoms with Crippen LogP contribution in [-0.2, 0) is 25.7 Å². The largest absolute Gasteiger partial charge is 0.466 e. The zero-order valence-electron chi connectivity index (χ0n) is 14.7.